The maximum Gasteiger partial charge on any atom is 0.194 e. The first-order valence-electron chi connectivity index (χ1n) is 11.1. The lowest BCUT2D eigenvalue weighted by Crippen LogP contribution is -2.52. The van der Waals surface area contributed by atoms with Gasteiger partial charge in [0.2, 0.25) is 0 Å². The first kappa shape index (κ1) is 20.4. The van der Waals surface area contributed by atoms with E-state index in [2.05, 4.69) is 48.2 Å². The summed E-state index contributed by atoms with van der Waals surface area (Å²) in [6, 6.07) is 10.4. The maximum absolute atomic E-state index is 4.72. The Bertz CT molecular complexity index is 790. The van der Waals surface area contributed by atoms with Crippen molar-refractivity contribution in [3.63, 3.8) is 0 Å². The molecule has 2 aromatic rings. The molecule has 2 saturated heterocycles. The van der Waals surface area contributed by atoms with Crippen LogP contribution in [0.15, 0.2) is 47.7 Å². The number of aliphatic imine (C=N–C) groups is 1. The smallest absolute Gasteiger partial charge is 0.194 e. The number of piperazine rings is 1. The second-order valence-electron chi connectivity index (χ2n) is 7.99. The Kier molecular flexibility index (Phi) is 7.00. The highest BCUT2D eigenvalue weighted by Crippen LogP contribution is 2.17. The number of nitrogens with one attached hydrogen (secondary N) is 1. The van der Waals surface area contributed by atoms with E-state index < -0.39 is 0 Å². The van der Waals surface area contributed by atoms with Crippen molar-refractivity contribution in [3.8, 4) is 0 Å². The van der Waals surface area contributed by atoms with E-state index in [9.17, 15) is 0 Å². The summed E-state index contributed by atoms with van der Waals surface area (Å²) in [4.78, 5) is 20.8. The minimum absolute atomic E-state index is 0.737. The highest BCUT2D eigenvalue weighted by atomic mass is 15.4. The molecule has 0 radical (unpaired) electrons. The molecule has 0 aromatic carbocycles. The van der Waals surface area contributed by atoms with Crippen molar-refractivity contribution in [3.05, 3.63) is 48.3 Å². The molecule has 0 spiro atoms. The number of hydrogen-bond donors (Lipinski definition) is 1. The molecule has 4 rings (SSSR count). The van der Waals surface area contributed by atoms with Gasteiger partial charge in [0, 0.05) is 65.3 Å². The van der Waals surface area contributed by atoms with Gasteiger partial charge in [0.1, 0.15) is 11.6 Å². The normalized spacial score (nSPS) is 18.3. The number of hydrogen-bond acceptors (Lipinski definition) is 5. The molecule has 0 amide bonds. The molecule has 2 fully saturated rings. The zero-order valence-corrected chi connectivity index (χ0v) is 18.0. The summed E-state index contributed by atoms with van der Waals surface area (Å²) >= 11 is 0. The fourth-order valence-electron chi connectivity index (χ4n) is 4.21. The summed E-state index contributed by atoms with van der Waals surface area (Å²) in [6.45, 7) is 6.75. The number of aromatic nitrogens is 2. The van der Waals surface area contributed by atoms with Crippen LogP contribution in [-0.2, 0) is 6.54 Å². The van der Waals surface area contributed by atoms with Gasteiger partial charge in [-0.15, -0.1) is 0 Å². The van der Waals surface area contributed by atoms with Gasteiger partial charge >= 0.3 is 0 Å². The van der Waals surface area contributed by atoms with Crippen LogP contribution in [0.25, 0.3) is 0 Å². The highest BCUT2D eigenvalue weighted by molar-refractivity contribution is 5.80. The number of rotatable bonds is 4. The van der Waals surface area contributed by atoms with Crippen molar-refractivity contribution in [1.82, 2.24) is 20.2 Å². The molecule has 7 nitrogen and oxygen atoms in total. The Labute approximate surface area is 179 Å². The molecule has 160 valence electrons. The van der Waals surface area contributed by atoms with Crippen LogP contribution in [0.1, 0.15) is 31.2 Å². The summed E-state index contributed by atoms with van der Waals surface area (Å²) in [6.07, 6.45) is 9.08. The van der Waals surface area contributed by atoms with Crippen LogP contribution in [0.5, 0.6) is 0 Å². The van der Waals surface area contributed by atoms with Gasteiger partial charge in [-0.25, -0.2) is 9.97 Å². The van der Waals surface area contributed by atoms with Gasteiger partial charge in [-0.3, -0.25) is 4.99 Å². The predicted molar refractivity (Wildman–Crippen MR) is 123 cm³/mol. The van der Waals surface area contributed by atoms with Crippen molar-refractivity contribution in [1.29, 1.82) is 0 Å². The molecule has 4 heterocycles. The fraction of sp³-hybridized carbons (Fsp3) is 0.522. The second-order valence-corrected chi connectivity index (χ2v) is 7.99. The van der Waals surface area contributed by atoms with E-state index in [1.807, 2.05) is 31.6 Å². The molecule has 1 N–H and O–H groups in total. The lowest BCUT2D eigenvalue weighted by atomic mass is 10.2. The fourth-order valence-corrected chi connectivity index (χ4v) is 4.21. The van der Waals surface area contributed by atoms with Gasteiger partial charge < -0.3 is 20.0 Å². The quantitative estimate of drug-likeness (QED) is 0.621. The van der Waals surface area contributed by atoms with Gasteiger partial charge in [0.25, 0.3) is 0 Å². The van der Waals surface area contributed by atoms with Crippen LogP contribution >= 0.6 is 0 Å². The molecule has 2 aromatic heterocycles. The molecule has 0 aliphatic carbocycles. The zero-order valence-electron chi connectivity index (χ0n) is 18.0. The first-order chi connectivity index (χ1) is 14.8. The Morgan fingerprint density at radius 3 is 2.23 bits per heavy atom. The van der Waals surface area contributed by atoms with Crippen molar-refractivity contribution in [2.24, 2.45) is 4.99 Å². The third-order valence-electron chi connectivity index (χ3n) is 5.95. The van der Waals surface area contributed by atoms with Crippen molar-refractivity contribution in [2.75, 3.05) is 56.1 Å². The monoisotopic (exact) mass is 407 g/mol. The minimum atomic E-state index is 0.737. The van der Waals surface area contributed by atoms with Crippen LogP contribution in [0.4, 0.5) is 11.6 Å². The molecule has 0 saturated carbocycles. The summed E-state index contributed by atoms with van der Waals surface area (Å²) in [5, 5.41) is 3.51. The summed E-state index contributed by atoms with van der Waals surface area (Å²) in [5.74, 6) is 3.11. The van der Waals surface area contributed by atoms with Crippen LogP contribution in [0, 0.1) is 0 Å². The molecule has 7 heteroatoms. The van der Waals surface area contributed by atoms with Crippen LogP contribution < -0.4 is 15.1 Å². The van der Waals surface area contributed by atoms with Gasteiger partial charge in [-0.1, -0.05) is 25.0 Å². The number of pyridine rings is 2. The van der Waals surface area contributed by atoms with E-state index >= 15 is 0 Å². The van der Waals surface area contributed by atoms with E-state index in [1.54, 1.807) is 0 Å². The standard InChI is InChI=1S/C23H33N7/c1-24-23(30-16-14-29(15-17-30)21-8-4-5-11-25-21)27-19-20-9-10-22(26-18-20)28-12-6-2-3-7-13-28/h4-5,8-11,18H,2-3,6-7,12-17,19H2,1H3,(H,24,27). The van der Waals surface area contributed by atoms with E-state index in [1.165, 1.54) is 31.2 Å². The third-order valence-corrected chi connectivity index (χ3v) is 5.95. The van der Waals surface area contributed by atoms with Gasteiger partial charge in [0.15, 0.2) is 5.96 Å². The predicted octanol–water partition coefficient (Wildman–Crippen LogP) is 2.75. The molecule has 0 bridgehead atoms. The molecule has 0 unspecified atom stereocenters. The molecule has 2 aliphatic rings. The van der Waals surface area contributed by atoms with Gasteiger partial charge in [-0.2, -0.15) is 0 Å². The average molecular weight is 408 g/mol. The van der Waals surface area contributed by atoms with Gasteiger partial charge in [0.05, 0.1) is 0 Å². The summed E-state index contributed by atoms with van der Waals surface area (Å²) < 4.78 is 0. The average Bonchev–Trinajstić information content (AvgIpc) is 3.11. The first-order valence-corrected chi connectivity index (χ1v) is 11.1. The summed E-state index contributed by atoms with van der Waals surface area (Å²) in [5.41, 5.74) is 1.18. The Balaban J connectivity index is 1.27. The second kappa shape index (κ2) is 10.3. The van der Waals surface area contributed by atoms with E-state index in [0.717, 1.165) is 63.4 Å². The van der Waals surface area contributed by atoms with Crippen LogP contribution in [0.3, 0.4) is 0 Å². The number of nitrogens with zero attached hydrogens (tertiary/aromatic N) is 6. The third kappa shape index (κ3) is 5.20. The zero-order chi connectivity index (χ0) is 20.6. The molecular formula is C23H33N7. The van der Waals surface area contributed by atoms with Crippen LogP contribution in [-0.4, -0.2) is 67.1 Å². The minimum Gasteiger partial charge on any atom is -0.357 e. The van der Waals surface area contributed by atoms with E-state index in [0.29, 0.717) is 0 Å². The highest BCUT2D eigenvalue weighted by Gasteiger charge is 2.20. The lowest BCUT2D eigenvalue weighted by Gasteiger charge is -2.37. The van der Waals surface area contributed by atoms with Crippen molar-refractivity contribution < 1.29 is 0 Å². The summed E-state index contributed by atoms with van der Waals surface area (Å²) in [7, 11) is 1.86. The topological polar surface area (TPSA) is 59.9 Å². The number of anilines is 2. The van der Waals surface area contributed by atoms with E-state index in [-0.39, 0.29) is 0 Å². The maximum atomic E-state index is 4.72. The molecular weight excluding hydrogens is 374 g/mol. The van der Waals surface area contributed by atoms with Crippen molar-refractivity contribution in [2.45, 2.75) is 32.2 Å². The van der Waals surface area contributed by atoms with Crippen LogP contribution in [0.2, 0.25) is 0 Å². The lowest BCUT2D eigenvalue weighted by molar-refractivity contribution is 0.371. The number of guanidine groups is 1. The van der Waals surface area contributed by atoms with Crippen molar-refractivity contribution >= 4 is 17.6 Å². The Morgan fingerprint density at radius 1 is 0.867 bits per heavy atom. The molecule has 2 aliphatic heterocycles. The van der Waals surface area contributed by atoms with Gasteiger partial charge in [-0.05, 0) is 36.6 Å². The molecule has 0 atom stereocenters. The SMILES string of the molecule is CN=C(NCc1ccc(N2CCCCCC2)nc1)N1CCN(c2ccccn2)CC1. The Morgan fingerprint density at radius 2 is 1.60 bits per heavy atom. The Hall–Kier alpha value is -2.83. The molecule has 30 heavy (non-hydrogen) atoms. The van der Waals surface area contributed by atoms with E-state index in [4.69, 9.17) is 4.98 Å². The largest absolute Gasteiger partial charge is 0.357 e.